The molecule has 4 aliphatic rings. The van der Waals surface area contributed by atoms with Crippen LogP contribution in [-0.4, -0.2) is 49.9 Å². The number of hydrogen-bond donors (Lipinski definition) is 2. The largest absolute Gasteiger partial charge is 0.493 e. The van der Waals surface area contributed by atoms with Crippen molar-refractivity contribution in [1.82, 2.24) is 0 Å². The molecule has 2 aromatic carbocycles. The monoisotopic (exact) mass is 654 g/mol. The highest BCUT2D eigenvalue weighted by molar-refractivity contribution is 5.52. The van der Waals surface area contributed by atoms with E-state index in [0.717, 1.165) is 111 Å². The third-order valence-corrected chi connectivity index (χ3v) is 11.5. The van der Waals surface area contributed by atoms with Crippen LogP contribution in [0.1, 0.15) is 114 Å². The van der Waals surface area contributed by atoms with Gasteiger partial charge in [-0.25, -0.2) is 0 Å². The molecule has 0 unspecified atom stereocenters. The summed E-state index contributed by atoms with van der Waals surface area (Å²) < 4.78 is 24.4. The Hall–Kier alpha value is -3.32. The highest BCUT2D eigenvalue weighted by atomic mass is 16.5. The van der Waals surface area contributed by atoms with Crippen molar-refractivity contribution in [2.24, 2.45) is 11.8 Å². The molecule has 6 rings (SSSR count). The molecule has 0 spiro atoms. The first-order valence-electron chi connectivity index (χ1n) is 18.5. The van der Waals surface area contributed by atoms with E-state index >= 15 is 0 Å². The lowest BCUT2D eigenvalue weighted by Crippen LogP contribution is -2.33. The second kappa shape index (κ2) is 15.9. The quantitative estimate of drug-likeness (QED) is 0.254. The average molecular weight is 655 g/mol. The van der Waals surface area contributed by atoms with Gasteiger partial charge in [-0.2, -0.15) is 0 Å². The molecule has 4 fully saturated rings. The summed E-state index contributed by atoms with van der Waals surface area (Å²) in [6.07, 6.45) is 16.9. The molecule has 4 atom stereocenters. The first-order valence-corrected chi connectivity index (χ1v) is 18.5. The van der Waals surface area contributed by atoms with Crippen LogP contribution in [0.5, 0.6) is 23.0 Å². The van der Waals surface area contributed by atoms with Crippen molar-refractivity contribution in [2.75, 3.05) is 27.4 Å². The molecule has 4 saturated carbocycles. The summed E-state index contributed by atoms with van der Waals surface area (Å²) in [5, 5.41) is 20.5. The van der Waals surface area contributed by atoms with Gasteiger partial charge in [-0.05, 0) is 149 Å². The topological polar surface area (TPSA) is 77.4 Å². The predicted molar refractivity (Wildman–Crippen MR) is 189 cm³/mol. The molecule has 4 aliphatic carbocycles. The van der Waals surface area contributed by atoms with Gasteiger partial charge in [0.2, 0.25) is 0 Å². The standard InChI is InChI=1S/C42H54O6/c1-45-37-19-17-33(25-39(37)47-35-13-3-4-14-35)41(23-9-11-31(27-41)29-43)21-7-8-22-42(24-10-12-32(28-42)30-44)34-18-20-38(46-2)40(26-34)48-36-15-5-6-16-36/h17-20,25-26,31-32,35-36,43-44H,3-6,9-16,23-24,27-30H2,1-2H3/t31-,32-,41+,42+/m0/s1. The highest BCUT2D eigenvalue weighted by Gasteiger charge is 2.39. The molecule has 258 valence electrons. The number of benzene rings is 2. The molecule has 0 heterocycles. The fraction of sp³-hybridized carbons (Fsp3) is 0.619. The number of hydrogen-bond acceptors (Lipinski definition) is 6. The average Bonchev–Trinajstić information content (AvgIpc) is 3.85. The molecule has 0 aliphatic heterocycles. The molecule has 0 aromatic heterocycles. The second-order valence-electron chi connectivity index (χ2n) is 14.7. The Labute approximate surface area is 287 Å². The van der Waals surface area contributed by atoms with Crippen molar-refractivity contribution < 1.29 is 29.2 Å². The molecule has 2 N–H and O–H groups in total. The van der Waals surface area contributed by atoms with E-state index in [9.17, 15) is 10.2 Å². The van der Waals surface area contributed by atoms with Gasteiger partial charge in [-0.3, -0.25) is 0 Å². The van der Waals surface area contributed by atoms with Gasteiger partial charge in [0.25, 0.3) is 0 Å². The lowest BCUT2D eigenvalue weighted by Gasteiger charge is -2.38. The molecule has 0 radical (unpaired) electrons. The Morgan fingerprint density at radius 2 is 1.00 bits per heavy atom. The van der Waals surface area contributed by atoms with Gasteiger partial charge in [0.05, 0.1) is 37.3 Å². The van der Waals surface area contributed by atoms with E-state index in [0.29, 0.717) is 0 Å². The Morgan fingerprint density at radius 3 is 1.38 bits per heavy atom. The van der Waals surface area contributed by atoms with Gasteiger partial charge >= 0.3 is 0 Å². The lowest BCUT2D eigenvalue weighted by molar-refractivity contribution is 0.161. The molecule has 0 amide bonds. The predicted octanol–water partition coefficient (Wildman–Crippen LogP) is 7.89. The maximum atomic E-state index is 10.2. The minimum absolute atomic E-state index is 0.158. The third kappa shape index (κ3) is 7.77. The van der Waals surface area contributed by atoms with Crippen molar-refractivity contribution in [1.29, 1.82) is 0 Å². The normalized spacial score (nSPS) is 27.8. The molecular weight excluding hydrogens is 600 g/mol. The van der Waals surface area contributed by atoms with Gasteiger partial charge < -0.3 is 29.2 Å². The zero-order valence-electron chi connectivity index (χ0n) is 29.0. The van der Waals surface area contributed by atoms with Crippen molar-refractivity contribution in [3.63, 3.8) is 0 Å². The van der Waals surface area contributed by atoms with Crippen LogP contribution >= 0.6 is 0 Å². The number of ether oxygens (including phenoxy) is 4. The lowest BCUT2D eigenvalue weighted by atomic mass is 9.66. The van der Waals surface area contributed by atoms with Gasteiger partial charge in [0.1, 0.15) is 0 Å². The number of aliphatic hydroxyl groups is 2. The summed E-state index contributed by atoms with van der Waals surface area (Å²) in [5.74, 6) is 17.5. The van der Waals surface area contributed by atoms with Crippen LogP contribution in [0, 0.1) is 35.5 Å². The van der Waals surface area contributed by atoms with E-state index in [-0.39, 0.29) is 37.3 Å². The zero-order chi connectivity index (χ0) is 33.4. The van der Waals surface area contributed by atoms with E-state index in [1.807, 2.05) is 12.1 Å². The van der Waals surface area contributed by atoms with Crippen LogP contribution in [-0.2, 0) is 10.8 Å². The Morgan fingerprint density at radius 1 is 0.583 bits per heavy atom. The van der Waals surface area contributed by atoms with Crippen LogP contribution in [0.2, 0.25) is 0 Å². The van der Waals surface area contributed by atoms with E-state index in [4.69, 9.17) is 18.9 Å². The van der Waals surface area contributed by atoms with E-state index in [2.05, 4.69) is 47.9 Å². The summed E-state index contributed by atoms with van der Waals surface area (Å²) in [5.41, 5.74) is 1.35. The molecule has 0 bridgehead atoms. The van der Waals surface area contributed by atoms with Crippen LogP contribution in [0.4, 0.5) is 0 Å². The third-order valence-electron chi connectivity index (χ3n) is 11.5. The maximum Gasteiger partial charge on any atom is 0.161 e. The number of rotatable bonds is 10. The Balaban J connectivity index is 1.36. The Kier molecular flexibility index (Phi) is 11.5. The summed E-state index contributed by atoms with van der Waals surface area (Å²) in [6.45, 7) is 0.316. The molecule has 2 aromatic rings. The van der Waals surface area contributed by atoms with Crippen molar-refractivity contribution >= 4 is 0 Å². The van der Waals surface area contributed by atoms with Crippen LogP contribution < -0.4 is 18.9 Å². The minimum Gasteiger partial charge on any atom is -0.493 e. The summed E-state index contributed by atoms with van der Waals surface area (Å²) in [4.78, 5) is 0. The van der Waals surface area contributed by atoms with Crippen molar-refractivity contribution in [3.8, 4) is 46.7 Å². The molecular formula is C42H54O6. The smallest absolute Gasteiger partial charge is 0.161 e. The van der Waals surface area contributed by atoms with Crippen molar-refractivity contribution in [3.05, 3.63) is 47.5 Å². The minimum atomic E-state index is -0.434. The molecule has 6 nitrogen and oxygen atoms in total. The second-order valence-corrected chi connectivity index (χ2v) is 14.7. The van der Waals surface area contributed by atoms with E-state index in [1.54, 1.807) is 14.2 Å². The number of aliphatic hydroxyl groups excluding tert-OH is 2. The van der Waals surface area contributed by atoms with Crippen molar-refractivity contribution in [2.45, 2.75) is 126 Å². The van der Waals surface area contributed by atoms with Crippen LogP contribution in [0.3, 0.4) is 0 Å². The maximum absolute atomic E-state index is 10.2. The van der Waals surface area contributed by atoms with Gasteiger partial charge in [0.15, 0.2) is 23.0 Å². The summed E-state index contributed by atoms with van der Waals surface area (Å²) in [7, 11) is 3.39. The first-order chi connectivity index (χ1) is 23.5. The molecule has 48 heavy (non-hydrogen) atoms. The number of methoxy groups -OCH3 is 2. The van der Waals surface area contributed by atoms with Gasteiger partial charge in [-0.15, -0.1) is 0 Å². The highest BCUT2D eigenvalue weighted by Crippen LogP contribution is 2.46. The fourth-order valence-corrected chi connectivity index (χ4v) is 8.79. The Bertz CT molecular complexity index is 1390. The van der Waals surface area contributed by atoms with Gasteiger partial charge in [0, 0.05) is 13.2 Å². The van der Waals surface area contributed by atoms with Crippen LogP contribution in [0.25, 0.3) is 0 Å². The zero-order valence-corrected chi connectivity index (χ0v) is 29.0. The van der Waals surface area contributed by atoms with Gasteiger partial charge in [-0.1, -0.05) is 36.8 Å². The van der Waals surface area contributed by atoms with E-state index in [1.165, 1.54) is 25.7 Å². The fourth-order valence-electron chi connectivity index (χ4n) is 8.79. The van der Waals surface area contributed by atoms with Crippen LogP contribution in [0.15, 0.2) is 36.4 Å². The molecule has 6 heteroatoms. The summed E-state index contributed by atoms with van der Waals surface area (Å²) >= 11 is 0. The first kappa shape index (κ1) is 34.5. The summed E-state index contributed by atoms with van der Waals surface area (Å²) in [6, 6.07) is 12.5. The SMILES string of the molecule is COc1ccc([C@]2(C#CC#C[C@@]3(c4ccc(OC)c(OC5CCCC5)c4)CCC[C@H](CO)C3)CCC[C@H](CO)C2)cc1OC1CCCC1. The molecule has 0 saturated heterocycles. The van der Waals surface area contributed by atoms with E-state index < -0.39 is 10.8 Å².